The van der Waals surface area contributed by atoms with E-state index in [0.29, 0.717) is 17.5 Å². The van der Waals surface area contributed by atoms with Crippen LogP contribution in [0.3, 0.4) is 0 Å². The van der Waals surface area contributed by atoms with E-state index in [1.54, 1.807) is 18.5 Å². The van der Waals surface area contributed by atoms with Crippen molar-refractivity contribution in [3.8, 4) is 0 Å². The van der Waals surface area contributed by atoms with Crippen molar-refractivity contribution in [2.75, 3.05) is 11.9 Å². The largest absolute Gasteiger partial charge is 0.383 e. The number of anilines is 1. The Hall–Kier alpha value is -1.58. The van der Waals surface area contributed by atoms with E-state index in [-0.39, 0.29) is 5.91 Å². The molecule has 1 amide bonds. The van der Waals surface area contributed by atoms with Crippen molar-refractivity contribution < 1.29 is 4.79 Å². The first kappa shape index (κ1) is 14.8. The minimum absolute atomic E-state index is 0.0219. The highest BCUT2D eigenvalue weighted by Gasteiger charge is 2.25. The molecule has 0 radical (unpaired) electrons. The summed E-state index contributed by atoms with van der Waals surface area (Å²) in [7, 11) is 0. The van der Waals surface area contributed by atoms with E-state index in [2.05, 4.69) is 22.5 Å². The van der Waals surface area contributed by atoms with Gasteiger partial charge in [0.1, 0.15) is 0 Å². The molecular formula is C16H25N3O. The summed E-state index contributed by atoms with van der Waals surface area (Å²) in [5, 5.41) is 6.42. The van der Waals surface area contributed by atoms with Crippen LogP contribution in [0.5, 0.6) is 0 Å². The van der Waals surface area contributed by atoms with E-state index in [1.165, 1.54) is 19.3 Å². The van der Waals surface area contributed by atoms with Crippen LogP contribution in [0.1, 0.15) is 56.3 Å². The average Bonchev–Trinajstić information content (AvgIpc) is 2.48. The molecular weight excluding hydrogens is 250 g/mol. The molecule has 4 heteroatoms. The molecule has 0 spiro atoms. The Bertz CT molecular complexity index is 447. The number of rotatable bonds is 5. The van der Waals surface area contributed by atoms with Crippen LogP contribution in [0.4, 0.5) is 5.69 Å². The van der Waals surface area contributed by atoms with E-state index in [4.69, 9.17) is 0 Å². The zero-order chi connectivity index (χ0) is 14.4. The van der Waals surface area contributed by atoms with E-state index in [1.807, 2.05) is 6.92 Å². The number of aromatic nitrogens is 1. The Morgan fingerprint density at radius 2 is 2.15 bits per heavy atom. The minimum atomic E-state index is 0.0219. The molecule has 1 heterocycles. The molecule has 0 aromatic carbocycles. The monoisotopic (exact) mass is 275 g/mol. The summed E-state index contributed by atoms with van der Waals surface area (Å²) in [6, 6.07) is 2.11. The normalized spacial score (nSPS) is 22.3. The molecule has 0 bridgehead atoms. The third-order valence-electron chi connectivity index (χ3n) is 4.18. The number of amides is 1. The summed E-state index contributed by atoms with van der Waals surface area (Å²) in [5.74, 6) is 0.644. The van der Waals surface area contributed by atoms with Gasteiger partial charge in [-0.2, -0.15) is 0 Å². The fourth-order valence-electron chi connectivity index (χ4n) is 3.06. The van der Waals surface area contributed by atoms with Crippen molar-refractivity contribution in [1.82, 2.24) is 10.3 Å². The molecule has 20 heavy (non-hydrogen) atoms. The number of carbonyl (C=O) groups excluding carboxylic acids is 1. The molecule has 0 aliphatic heterocycles. The van der Waals surface area contributed by atoms with Crippen molar-refractivity contribution in [1.29, 1.82) is 0 Å². The second-order valence-corrected chi connectivity index (χ2v) is 5.48. The minimum Gasteiger partial charge on any atom is -0.383 e. The molecule has 2 atom stereocenters. The Kier molecular flexibility index (Phi) is 5.39. The standard InChI is InChI=1S/C16H25N3O/c1-3-12-7-5-6-8-14(12)19-16(20)13-9-10-17-11-15(13)18-4-2/h9-12,14,18H,3-8H2,1-2H3,(H,19,20). The molecule has 2 N–H and O–H groups in total. The maximum atomic E-state index is 12.5. The summed E-state index contributed by atoms with van der Waals surface area (Å²) in [6.45, 7) is 5.02. The van der Waals surface area contributed by atoms with Gasteiger partial charge in [-0.25, -0.2) is 0 Å². The van der Waals surface area contributed by atoms with Gasteiger partial charge in [0.15, 0.2) is 0 Å². The van der Waals surface area contributed by atoms with Gasteiger partial charge < -0.3 is 10.6 Å². The van der Waals surface area contributed by atoms with Crippen LogP contribution < -0.4 is 10.6 Å². The molecule has 1 aromatic rings. The zero-order valence-electron chi connectivity index (χ0n) is 12.5. The molecule has 1 aliphatic carbocycles. The molecule has 2 rings (SSSR count). The lowest BCUT2D eigenvalue weighted by Gasteiger charge is -2.31. The number of carbonyl (C=O) groups is 1. The van der Waals surface area contributed by atoms with Crippen LogP contribution in [-0.2, 0) is 0 Å². The SMILES string of the molecule is CCNc1cnccc1C(=O)NC1CCCCC1CC. The first-order chi connectivity index (χ1) is 9.76. The van der Waals surface area contributed by atoms with Crippen molar-refractivity contribution >= 4 is 11.6 Å². The van der Waals surface area contributed by atoms with E-state index in [0.717, 1.165) is 25.1 Å². The van der Waals surface area contributed by atoms with E-state index < -0.39 is 0 Å². The highest BCUT2D eigenvalue weighted by molar-refractivity contribution is 5.99. The molecule has 0 saturated heterocycles. The van der Waals surface area contributed by atoms with Gasteiger partial charge in [-0.15, -0.1) is 0 Å². The third-order valence-corrected chi connectivity index (χ3v) is 4.18. The van der Waals surface area contributed by atoms with Gasteiger partial charge in [-0.1, -0.05) is 26.2 Å². The first-order valence-electron chi connectivity index (χ1n) is 7.75. The van der Waals surface area contributed by atoms with Gasteiger partial charge in [0, 0.05) is 18.8 Å². The summed E-state index contributed by atoms with van der Waals surface area (Å²) in [6.07, 6.45) is 9.39. The molecule has 1 fully saturated rings. The summed E-state index contributed by atoms with van der Waals surface area (Å²) in [4.78, 5) is 16.6. The number of hydrogen-bond donors (Lipinski definition) is 2. The van der Waals surface area contributed by atoms with Crippen LogP contribution in [0, 0.1) is 5.92 Å². The lowest BCUT2D eigenvalue weighted by atomic mass is 9.83. The van der Waals surface area contributed by atoms with Crippen molar-refractivity contribution in [3.63, 3.8) is 0 Å². The molecule has 2 unspecified atom stereocenters. The van der Waals surface area contributed by atoms with Gasteiger partial charge in [-0.3, -0.25) is 9.78 Å². The molecule has 1 aromatic heterocycles. The lowest BCUT2D eigenvalue weighted by Crippen LogP contribution is -2.42. The zero-order valence-corrected chi connectivity index (χ0v) is 12.5. The van der Waals surface area contributed by atoms with Gasteiger partial charge in [-0.05, 0) is 31.7 Å². The third kappa shape index (κ3) is 3.50. The number of hydrogen-bond acceptors (Lipinski definition) is 3. The van der Waals surface area contributed by atoms with Crippen molar-refractivity contribution in [2.45, 2.75) is 52.0 Å². The molecule has 110 valence electrons. The van der Waals surface area contributed by atoms with Crippen LogP contribution >= 0.6 is 0 Å². The fraction of sp³-hybridized carbons (Fsp3) is 0.625. The quantitative estimate of drug-likeness (QED) is 0.867. The van der Waals surface area contributed by atoms with Crippen LogP contribution in [0.25, 0.3) is 0 Å². The van der Waals surface area contributed by atoms with Crippen LogP contribution in [-0.4, -0.2) is 23.5 Å². The number of nitrogens with zero attached hydrogens (tertiary/aromatic N) is 1. The van der Waals surface area contributed by atoms with Crippen LogP contribution in [0.15, 0.2) is 18.5 Å². The molecule has 4 nitrogen and oxygen atoms in total. The van der Waals surface area contributed by atoms with Crippen molar-refractivity contribution in [2.24, 2.45) is 5.92 Å². The van der Waals surface area contributed by atoms with Crippen LogP contribution in [0.2, 0.25) is 0 Å². The predicted octanol–water partition coefficient (Wildman–Crippen LogP) is 3.21. The Balaban J connectivity index is 2.07. The second kappa shape index (κ2) is 7.27. The summed E-state index contributed by atoms with van der Waals surface area (Å²) in [5.41, 5.74) is 1.51. The van der Waals surface area contributed by atoms with Gasteiger partial charge in [0.05, 0.1) is 17.4 Å². The predicted molar refractivity (Wildman–Crippen MR) is 81.9 cm³/mol. The van der Waals surface area contributed by atoms with Gasteiger partial charge >= 0.3 is 0 Å². The summed E-state index contributed by atoms with van der Waals surface area (Å²) < 4.78 is 0. The lowest BCUT2D eigenvalue weighted by molar-refractivity contribution is 0.0905. The Morgan fingerprint density at radius 1 is 1.35 bits per heavy atom. The maximum absolute atomic E-state index is 12.5. The number of nitrogens with one attached hydrogen (secondary N) is 2. The average molecular weight is 275 g/mol. The Labute approximate surface area is 121 Å². The van der Waals surface area contributed by atoms with Crippen molar-refractivity contribution in [3.05, 3.63) is 24.0 Å². The highest BCUT2D eigenvalue weighted by Crippen LogP contribution is 2.27. The summed E-state index contributed by atoms with van der Waals surface area (Å²) >= 11 is 0. The smallest absolute Gasteiger partial charge is 0.253 e. The van der Waals surface area contributed by atoms with Gasteiger partial charge in [0.25, 0.3) is 5.91 Å². The Morgan fingerprint density at radius 3 is 2.90 bits per heavy atom. The maximum Gasteiger partial charge on any atom is 0.253 e. The highest BCUT2D eigenvalue weighted by atomic mass is 16.1. The topological polar surface area (TPSA) is 54.0 Å². The fourth-order valence-corrected chi connectivity index (χ4v) is 3.06. The van der Waals surface area contributed by atoms with Gasteiger partial charge in [0.2, 0.25) is 0 Å². The molecule has 1 aliphatic rings. The first-order valence-corrected chi connectivity index (χ1v) is 7.75. The van der Waals surface area contributed by atoms with E-state index >= 15 is 0 Å². The second-order valence-electron chi connectivity index (χ2n) is 5.48. The van der Waals surface area contributed by atoms with E-state index in [9.17, 15) is 4.79 Å². The molecule has 1 saturated carbocycles. The number of pyridine rings is 1.